The Hall–Kier alpha value is -2.41. The molecule has 0 spiro atoms. The van der Waals surface area contributed by atoms with E-state index in [0.29, 0.717) is 12.6 Å². The molecule has 2 aromatic rings. The minimum Gasteiger partial charge on any atom is -0.483 e. The van der Waals surface area contributed by atoms with Gasteiger partial charge in [0.05, 0.1) is 6.54 Å². The van der Waals surface area contributed by atoms with Crippen LogP contribution in [-0.2, 0) is 24.3 Å². The summed E-state index contributed by atoms with van der Waals surface area (Å²) in [5.41, 5.74) is 1.04. The summed E-state index contributed by atoms with van der Waals surface area (Å²) in [4.78, 5) is 15.8. The molecule has 1 amide bonds. The van der Waals surface area contributed by atoms with Gasteiger partial charge in [0.2, 0.25) is 0 Å². The number of fused-ring (bicyclic) bond motifs is 1. The Bertz CT molecular complexity index is 713. The summed E-state index contributed by atoms with van der Waals surface area (Å²) < 4.78 is 7.60. The largest absolute Gasteiger partial charge is 0.483 e. The maximum Gasteiger partial charge on any atom is 0.257 e. The minimum absolute atomic E-state index is 0.0263. The van der Waals surface area contributed by atoms with Crippen LogP contribution in [-0.4, -0.2) is 40.4 Å². The van der Waals surface area contributed by atoms with E-state index in [0.717, 1.165) is 42.3 Å². The number of hydrogen-bond acceptors (Lipinski definition) is 5. The second kappa shape index (κ2) is 7.44. The zero-order valence-corrected chi connectivity index (χ0v) is 14.1. The second-order valence-corrected chi connectivity index (χ2v) is 5.94. The first-order valence-electron chi connectivity index (χ1n) is 8.20. The molecule has 7 heteroatoms. The number of aromatic nitrogens is 3. The highest BCUT2D eigenvalue weighted by atomic mass is 16.5. The molecule has 0 unspecified atom stereocenters. The van der Waals surface area contributed by atoms with Gasteiger partial charge in [-0.05, 0) is 19.4 Å². The van der Waals surface area contributed by atoms with Gasteiger partial charge in [-0.15, -0.1) is 0 Å². The van der Waals surface area contributed by atoms with Crippen LogP contribution in [0.25, 0.3) is 0 Å². The van der Waals surface area contributed by atoms with Crippen molar-refractivity contribution >= 4 is 5.91 Å². The molecule has 24 heavy (non-hydrogen) atoms. The number of para-hydroxylation sites is 1. The second-order valence-electron chi connectivity index (χ2n) is 5.94. The van der Waals surface area contributed by atoms with Crippen LogP contribution in [0.2, 0.25) is 0 Å². The predicted molar refractivity (Wildman–Crippen MR) is 89.7 cm³/mol. The zero-order chi connectivity index (χ0) is 16.9. The summed E-state index contributed by atoms with van der Waals surface area (Å²) in [6.07, 6.45) is 1.98. The van der Waals surface area contributed by atoms with Gasteiger partial charge in [0.15, 0.2) is 6.61 Å². The molecule has 0 saturated heterocycles. The average molecular weight is 329 g/mol. The monoisotopic (exact) mass is 329 g/mol. The van der Waals surface area contributed by atoms with E-state index < -0.39 is 0 Å². The van der Waals surface area contributed by atoms with Gasteiger partial charge in [-0.3, -0.25) is 4.79 Å². The first-order valence-corrected chi connectivity index (χ1v) is 8.20. The number of nitrogens with one attached hydrogen (secondary N) is 2. The molecule has 0 bridgehead atoms. The number of benzene rings is 1. The molecule has 1 aliphatic rings. The van der Waals surface area contributed by atoms with Crippen LogP contribution in [0.3, 0.4) is 0 Å². The Labute approximate surface area is 141 Å². The maximum absolute atomic E-state index is 11.4. The van der Waals surface area contributed by atoms with Crippen LogP contribution in [0, 0.1) is 6.92 Å². The quantitative estimate of drug-likeness (QED) is 0.820. The van der Waals surface area contributed by atoms with E-state index in [1.165, 1.54) is 0 Å². The highest BCUT2D eigenvalue weighted by molar-refractivity contribution is 5.77. The molecule has 1 aliphatic heterocycles. The summed E-state index contributed by atoms with van der Waals surface area (Å²) in [6, 6.07) is 8.14. The van der Waals surface area contributed by atoms with E-state index in [1.807, 2.05) is 35.9 Å². The number of amides is 1. The molecule has 2 heterocycles. The van der Waals surface area contributed by atoms with Gasteiger partial charge in [-0.2, -0.15) is 5.10 Å². The van der Waals surface area contributed by atoms with Gasteiger partial charge < -0.3 is 15.4 Å². The Morgan fingerprint density at radius 3 is 3.08 bits per heavy atom. The summed E-state index contributed by atoms with van der Waals surface area (Å²) in [7, 11) is 1.60. The van der Waals surface area contributed by atoms with Crippen LogP contribution < -0.4 is 15.4 Å². The molecular formula is C17H23N5O2. The first-order chi connectivity index (χ1) is 11.7. The lowest BCUT2D eigenvalue weighted by molar-refractivity contribution is -0.122. The third-order valence-corrected chi connectivity index (χ3v) is 4.16. The van der Waals surface area contributed by atoms with Crippen LogP contribution in [0.4, 0.5) is 0 Å². The Balaban J connectivity index is 1.58. The van der Waals surface area contributed by atoms with Crippen molar-refractivity contribution in [2.75, 3.05) is 13.7 Å². The number of carbonyl (C=O) groups excluding carboxylic acids is 1. The Morgan fingerprint density at radius 1 is 1.42 bits per heavy atom. The predicted octanol–water partition coefficient (Wildman–Crippen LogP) is 0.816. The lowest BCUT2D eigenvalue weighted by atomic mass is 10.1. The molecule has 128 valence electrons. The molecule has 0 fully saturated rings. The van der Waals surface area contributed by atoms with Gasteiger partial charge in [-0.1, -0.05) is 18.2 Å². The number of carbonyl (C=O) groups is 1. The third kappa shape index (κ3) is 3.91. The van der Waals surface area contributed by atoms with Gasteiger partial charge in [0.25, 0.3) is 5.91 Å². The van der Waals surface area contributed by atoms with Crippen molar-refractivity contribution in [3.05, 3.63) is 41.5 Å². The minimum atomic E-state index is -0.140. The molecule has 7 nitrogen and oxygen atoms in total. The van der Waals surface area contributed by atoms with E-state index in [-0.39, 0.29) is 12.5 Å². The van der Waals surface area contributed by atoms with Crippen molar-refractivity contribution in [2.45, 2.75) is 38.9 Å². The van der Waals surface area contributed by atoms with Crippen molar-refractivity contribution in [2.24, 2.45) is 0 Å². The Kier molecular flexibility index (Phi) is 5.10. The van der Waals surface area contributed by atoms with Crippen molar-refractivity contribution in [3.63, 3.8) is 0 Å². The van der Waals surface area contributed by atoms with E-state index in [9.17, 15) is 4.79 Å². The summed E-state index contributed by atoms with van der Waals surface area (Å²) >= 11 is 0. The van der Waals surface area contributed by atoms with Crippen LogP contribution in [0.15, 0.2) is 24.3 Å². The first kappa shape index (κ1) is 16.4. The standard InChI is InChI=1S/C17H23N5O2/c1-12-20-16-8-7-14(10-22(16)21-12)19-9-13-5-3-4-6-15(13)24-11-17(23)18-2/h3-6,14,19H,7-11H2,1-2H3,(H,18,23)/t14-/m1/s1. The molecule has 0 radical (unpaired) electrons. The van der Waals surface area contributed by atoms with Crippen LogP contribution in [0.1, 0.15) is 23.6 Å². The van der Waals surface area contributed by atoms with Crippen molar-refractivity contribution in [1.29, 1.82) is 0 Å². The van der Waals surface area contributed by atoms with Gasteiger partial charge in [0, 0.05) is 31.6 Å². The fourth-order valence-corrected chi connectivity index (χ4v) is 2.86. The molecule has 1 aromatic heterocycles. The molecule has 1 atom stereocenters. The molecule has 1 aromatic carbocycles. The molecule has 0 aliphatic carbocycles. The molecule has 0 saturated carbocycles. The average Bonchev–Trinajstić information content (AvgIpc) is 2.97. The third-order valence-electron chi connectivity index (χ3n) is 4.16. The molecule has 2 N–H and O–H groups in total. The zero-order valence-electron chi connectivity index (χ0n) is 14.1. The van der Waals surface area contributed by atoms with E-state index in [1.54, 1.807) is 7.05 Å². The fourth-order valence-electron chi connectivity index (χ4n) is 2.86. The number of ether oxygens (including phenoxy) is 1. The van der Waals surface area contributed by atoms with E-state index in [4.69, 9.17) is 4.74 Å². The van der Waals surface area contributed by atoms with Gasteiger partial charge >= 0.3 is 0 Å². The lowest BCUT2D eigenvalue weighted by Crippen LogP contribution is -2.37. The summed E-state index contributed by atoms with van der Waals surface area (Å²) in [6.45, 7) is 3.47. The van der Waals surface area contributed by atoms with E-state index in [2.05, 4.69) is 20.7 Å². The fraction of sp³-hybridized carbons (Fsp3) is 0.471. The van der Waals surface area contributed by atoms with Gasteiger partial charge in [-0.25, -0.2) is 9.67 Å². The van der Waals surface area contributed by atoms with E-state index >= 15 is 0 Å². The number of likely N-dealkylation sites (N-methyl/N-ethyl adjacent to an activating group) is 1. The van der Waals surface area contributed by atoms with Crippen molar-refractivity contribution in [3.8, 4) is 5.75 Å². The highest BCUT2D eigenvalue weighted by Gasteiger charge is 2.20. The molecular weight excluding hydrogens is 306 g/mol. The summed E-state index contributed by atoms with van der Waals surface area (Å²) in [5.74, 6) is 2.50. The Morgan fingerprint density at radius 2 is 2.25 bits per heavy atom. The number of nitrogens with zero attached hydrogens (tertiary/aromatic N) is 3. The smallest absolute Gasteiger partial charge is 0.257 e. The number of rotatable bonds is 6. The van der Waals surface area contributed by atoms with Crippen LogP contribution in [0.5, 0.6) is 5.75 Å². The van der Waals surface area contributed by atoms with Crippen LogP contribution >= 0.6 is 0 Å². The topological polar surface area (TPSA) is 81.1 Å². The van der Waals surface area contributed by atoms with Crippen molar-refractivity contribution in [1.82, 2.24) is 25.4 Å². The normalized spacial score (nSPS) is 16.5. The number of hydrogen-bond donors (Lipinski definition) is 2. The molecule has 3 rings (SSSR count). The SMILES string of the molecule is CNC(=O)COc1ccccc1CN[C@@H]1CCc2nc(C)nn2C1. The summed E-state index contributed by atoms with van der Waals surface area (Å²) in [5, 5.41) is 10.5. The van der Waals surface area contributed by atoms with Gasteiger partial charge in [0.1, 0.15) is 17.4 Å². The number of aryl methyl sites for hydroxylation is 2. The highest BCUT2D eigenvalue weighted by Crippen LogP contribution is 2.19. The van der Waals surface area contributed by atoms with Crippen molar-refractivity contribution < 1.29 is 9.53 Å². The maximum atomic E-state index is 11.4. The lowest BCUT2D eigenvalue weighted by Gasteiger charge is -2.24.